The number of sulfone groups is 1. The zero-order valence-electron chi connectivity index (χ0n) is 14.8. The number of hydrogen-bond donors (Lipinski definition) is 0. The fourth-order valence-electron chi connectivity index (χ4n) is 3.51. The van der Waals surface area contributed by atoms with Gasteiger partial charge in [-0.25, -0.2) is 13.2 Å². The summed E-state index contributed by atoms with van der Waals surface area (Å²) in [6.07, 6.45) is 2.16. The first-order chi connectivity index (χ1) is 12.9. The molecular formula is C18H21NO7S. The third-order valence-electron chi connectivity index (χ3n) is 4.93. The van der Waals surface area contributed by atoms with Crippen molar-refractivity contribution in [3.63, 3.8) is 0 Å². The lowest BCUT2D eigenvalue weighted by atomic mass is 10.2. The van der Waals surface area contributed by atoms with Crippen LogP contribution in [0.15, 0.2) is 18.2 Å². The van der Waals surface area contributed by atoms with E-state index in [1.54, 1.807) is 17.0 Å². The third-order valence-corrected chi connectivity index (χ3v) is 6.69. The molecule has 2 aliphatic heterocycles. The molecule has 27 heavy (non-hydrogen) atoms. The van der Waals surface area contributed by atoms with E-state index in [0.29, 0.717) is 31.1 Å². The van der Waals surface area contributed by atoms with Crippen molar-refractivity contribution in [2.45, 2.75) is 31.3 Å². The van der Waals surface area contributed by atoms with Crippen LogP contribution in [0.25, 0.3) is 0 Å². The van der Waals surface area contributed by atoms with Crippen LogP contribution in [0.3, 0.4) is 0 Å². The number of nitrogens with zero attached hydrogens (tertiary/aromatic N) is 1. The Morgan fingerprint density at radius 2 is 1.81 bits per heavy atom. The Morgan fingerprint density at radius 1 is 1.07 bits per heavy atom. The SMILES string of the molecule is O=C(OCC(=O)N(C1CC1)[C@H]1CCS(=O)(=O)C1)c1ccc2c(c1)OCCO2. The van der Waals surface area contributed by atoms with Crippen LogP contribution in [-0.4, -0.2) is 68.6 Å². The van der Waals surface area contributed by atoms with Crippen molar-refractivity contribution in [3.05, 3.63) is 23.8 Å². The lowest BCUT2D eigenvalue weighted by Gasteiger charge is -2.28. The molecule has 0 aromatic heterocycles. The Hall–Kier alpha value is -2.29. The average Bonchev–Trinajstić information content (AvgIpc) is 3.42. The Morgan fingerprint density at radius 3 is 2.48 bits per heavy atom. The summed E-state index contributed by atoms with van der Waals surface area (Å²) < 4.78 is 39.5. The van der Waals surface area contributed by atoms with Gasteiger partial charge in [-0.2, -0.15) is 0 Å². The van der Waals surface area contributed by atoms with Crippen molar-refractivity contribution in [2.24, 2.45) is 0 Å². The van der Waals surface area contributed by atoms with Gasteiger partial charge in [-0.1, -0.05) is 0 Å². The summed E-state index contributed by atoms with van der Waals surface area (Å²) >= 11 is 0. The summed E-state index contributed by atoms with van der Waals surface area (Å²) in [4.78, 5) is 26.5. The second-order valence-electron chi connectivity index (χ2n) is 7.02. The quantitative estimate of drug-likeness (QED) is 0.680. The van der Waals surface area contributed by atoms with Gasteiger partial charge in [0, 0.05) is 12.1 Å². The maximum Gasteiger partial charge on any atom is 0.338 e. The fraction of sp³-hybridized carbons (Fsp3) is 0.556. The molecule has 1 saturated heterocycles. The van der Waals surface area contributed by atoms with Gasteiger partial charge in [0.1, 0.15) is 13.2 Å². The van der Waals surface area contributed by atoms with Gasteiger partial charge in [-0.05, 0) is 37.5 Å². The predicted molar refractivity (Wildman–Crippen MR) is 94.6 cm³/mol. The highest BCUT2D eigenvalue weighted by Gasteiger charge is 2.42. The van der Waals surface area contributed by atoms with Crippen LogP contribution in [0.4, 0.5) is 0 Å². The smallest absolute Gasteiger partial charge is 0.338 e. The number of esters is 1. The molecule has 2 heterocycles. The zero-order valence-corrected chi connectivity index (χ0v) is 15.6. The second kappa shape index (κ2) is 7.03. The highest BCUT2D eigenvalue weighted by molar-refractivity contribution is 7.91. The molecular weight excluding hydrogens is 374 g/mol. The van der Waals surface area contributed by atoms with E-state index in [4.69, 9.17) is 14.2 Å². The predicted octanol–water partition coefficient (Wildman–Crippen LogP) is 0.793. The van der Waals surface area contributed by atoms with Gasteiger partial charge in [0.05, 0.1) is 17.1 Å². The van der Waals surface area contributed by atoms with Crippen molar-refractivity contribution in [3.8, 4) is 11.5 Å². The lowest BCUT2D eigenvalue weighted by Crippen LogP contribution is -2.44. The molecule has 0 radical (unpaired) electrons. The maximum atomic E-state index is 12.6. The lowest BCUT2D eigenvalue weighted by molar-refractivity contribution is -0.137. The molecule has 1 atom stereocenters. The number of carbonyl (C=O) groups is 2. The summed E-state index contributed by atoms with van der Waals surface area (Å²) in [5, 5.41) is 0. The van der Waals surface area contributed by atoms with Crippen LogP contribution in [0.5, 0.6) is 11.5 Å². The largest absolute Gasteiger partial charge is 0.486 e. The van der Waals surface area contributed by atoms with Crippen molar-refractivity contribution in [1.82, 2.24) is 4.90 Å². The number of benzene rings is 1. The van der Waals surface area contributed by atoms with E-state index in [0.717, 1.165) is 12.8 Å². The number of carbonyl (C=O) groups excluding carboxylic acids is 2. The van der Waals surface area contributed by atoms with Gasteiger partial charge >= 0.3 is 5.97 Å². The summed E-state index contributed by atoms with van der Waals surface area (Å²) in [6, 6.07) is 4.46. The molecule has 146 valence electrons. The molecule has 0 bridgehead atoms. The molecule has 3 aliphatic rings. The van der Waals surface area contributed by atoms with Crippen molar-refractivity contribution < 1.29 is 32.2 Å². The third kappa shape index (κ3) is 4.02. The molecule has 2 fully saturated rings. The molecule has 9 heteroatoms. The minimum absolute atomic E-state index is 0.00858. The Labute approximate surface area is 157 Å². The molecule has 8 nitrogen and oxygen atoms in total. The molecule has 1 amide bonds. The van der Waals surface area contributed by atoms with Gasteiger partial charge < -0.3 is 19.1 Å². The van der Waals surface area contributed by atoms with E-state index < -0.39 is 22.4 Å². The van der Waals surface area contributed by atoms with E-state index in [1.807, 2.05) is 0 Å². The summed E-state index contributed by atoms with van der Waals surface area (Å²) in [6.45, 7) is 0.462. The molecule has 1 saturated carbocycles. The first-order valence-electron chi connectivity index (χ1n) is 9.01. The Balaban J connectivity index is 1.38. The number of ether oxygens (including phenoxy) is 3. The monoisotopic (exact) mass is 395 g/mol. The molecule has 0 N–H and O–H groups in total. The fourth-order valence-corrected chi connectivity index (χ4v) is 5.22. The first kappa shape index (κ1) is 18.1. The van der Waals surface area contributed by atoms with Gasteiger partial charge in [0.25, 0.3) is 5.91 Å². The van der Waals surface area contributed by atoms with Crippen molar-refractivity contribution >= 4 is 21.7 Å². The van der Waals surface area contributed by atoms with E-state index >= 15 is 0 Å². The number of hydrogen-bond acceptors (Lipinski definition) is 7. The van der Waals surface area contributed by atoms with E-state index in [1.165, 1.54) is 6.07 Å². The van der Waals surface area contributed by atoms with Crippen LogP contribution in [0.1, 0.15) is 29.6 Å². The molecule has 0 unspecified atom stereocenters. The summed E-state index contributed by atoms with van der Waals surface area (Å²) in [7, 11) is -3.09. The standard InChI is InChI=1S/C18H21NO7S/c20-17(19(13-2-3-13)14-5-8-27(22,23)11-14)10-26-18(21)12-1-4-15-16(9-12)25-7-6-24-15/h1,4,9,13-14H,2-3,5-8,10-11H2/t14-/m0/s1. The molecule has 4 rings (SSSR count). The van der Waals surface area contributed by atoms with E-state index in [-0.39, 0.29) is 35.1 Å². The van der Waals surface area contributed by atoms with Crippen LogP contribution in [0.2, 0.25) is 0 Å². The highest BCUT2D eigenvalue weighted by atomic mass is 32.2. The molecule has 1 aromatic carbocycles. The molecule has 1 aliphatic carbocycles. The first-order valence-corrected chi connectivity index (χ1v) is 10.8. The minimum Gasteiger partial charge on any atom is -0.486 e. The topological polar surface area (TPSA) is 99.2 Å². The minimum atomic E-state index is -3.09. The van der Waals surface area contributed by atoms with Crippen LogP contribution in [-0.2, 0) is 19.4 Å². The average molecular weight is 395 g/mol. The summed E-state index contributed by atoms with van der Waals surface area (Å²) in [5.41, 5.74) is 0.272. The van der Waals surface area contributed by atoms with Gasteiger partial charge in [-0.3, -0.25) is 4.79 Å². The van der Waals surface area contributed by atoms with Crippen LogP contribution in [0, 0.1) is 0 Å². The zero-order chi connectivity index (χ0) is 19.0. The van der Waals surface area contributed by atoms with Crippen LogP contribution >= 0.6 is 0 Å². The Kier molecular flexibility index (Phi) is 4.71. The van der Waals surface area contributed by atoms with Gasteiger partial charge in [-0.15, -0.1) is 0 Å². The Bertz CT molecular complexity index is 862. The number of fused-ring (bicyclic) bond motifs is 1. The van der Waals surface area contributed by atoms with Crippen molar-refractivity contribution in [1.29, 1.82) is 0 Å². The van der Waals surface area contributed by atoms with E-state index in [9.17, 15) is 18.0 Å². The highest BCUT2D eigenvalue weighted by Crippen LogP contribution is 2.33. The number of rotatable bonds is 5. The number of amides is 1. The van der Waals surface area contributed by atoms with E-state index in [2.05, 4.69) is 0 Å². The van der Waals surface area contributed by atoms with Gasteiger partial charge in [0.2, 0.25) is 0 Å². The molecule has 0 spiro atoms. The van der Waals surface area contributed by atoms with Crippen LogP contribution < -0.4 is 9.47 Å². The van der Waals surface area contributed by atoms with Crippen molar-refractivity contribution in [2.75, 3.05) is 31.3 Å². The summed E-state index contributed by atoms with van der Waals surface area (Å²) in [5.74, 6) is 0.158. The maximum absolute atomic E-state index is 12.6. The molecule has 1 aromatic rings. The van der Waals surface area contributed by atoms with Gasteiger partial charge in [0.15, 0.2) is 27.9 Å². The second-order valence-corrected chi connectivity index (χ2v) is 9.25. The normalized spacial score (nSPS) is 22.9.